The normalized spacial score (nSPS) is 12.6. The summed E-state index contributed by atoms with van der Waals surface area (Å²) in [7, 11) is 0. The number of rotatable bonds is 19. The number of carboxylic acid groups (broad SMARTS) is 1. The summed E-state index contributed by atoms with van der Waals surface area (Å²) in [6.07, 6.45) is 3.55. The summed E-state index contributed by atoms with van der Waals surface area (Å²) >= 11 is 0. The minimum atomic E-state index is -1.71. The van der Waals surface area contributed by atoms with E-state index in [-0.39, 0.29) is 6.61 Å². The SMILES string of the molecule is O=C(COC(C(=O)O)C(OCCCCCc1ccc2ccccc2c1)C(=O)NCCCCCc1ccc2ccccc2c1)NO. The molecule has 9 nitrogen and oxygen atoms in total. The maximum atomic E-state index is 13.1. The van der Waals surface area contributed by atoms with Crippen molar-refractivity contribution >= 4 is 39.3 Å². The largest absolute Gasteiger partial charge is 0.479 e. The minimum absolute atomic E-state index is 0.154. The van der Waals surface area contributed by atoms with Crippen LogP contribution in [0.5, 0.6) is 0 Å². The van der Waals surface area contributed by atoms with Crippen molar-refractivity contribution in [1.29, 1.82) is 0 Å². The fraction of sp³-hybridized carbons (Fsp3) is 0.361. The lowest BCUT2D eigenvalue weighted by atomic mass is 10.0. The number of fused-ring (bicyclic) bond motifs is 2. The molecule has 238 valence electrons. The van der Waals surface area contributed by atoms with Gasteiger partial charge in [-0.15, -0.1) is 0 Å². The number of amides is 2. The van der Waals surface area contributed by atoms with Gasteiger partial charge in [0.05, 0.1) is 0 Å². The van der Waals surface area contributed by atoms with Crippen molar-refractivity contribution in [2.75, 3.05) is 19.8 Å². The molecule has 4 rings (SSSR count). The molecule has 0 fully saturated rings. The van der Waals surface area contributed by atoms with E-state index < -0.39 is 36.6 Å². The minimum Gasteiger partial charge on any atom is -0.479 e. The molecular weight excluding hydrogens is 572 g/mol. The van der Waals surface area contributed by atoms with Crippen molar-refractivity contribution in [3.63, 3.8) is 0 Å². The third-order valence-corrected chi connectivity index (χ3v) is 7.77. The molecule has 0 aromatic heterocycles. The zero-order valence-electron chi connectivity index (χ0n) is 25.5. The number of hydroxylamine groups is 1. The first-order chi connectivity index (χ1) is 21.9. The van der Waals surface area contributed by atoms with Crippen LogP contribution in [0.25, 0.3) is 21.5 Å². The summed E-state index contributed by atoms with van der Waals surface area (Å²) in [4.78, 5) is 36.5. The van der Waals surface area contributed by atoms with E-state index in [1.165, 1.54) is 38.2 Å². The predicted octanol–water partition coefficient (Wildman–Crippen LogP) is 5.60. The number of carbonyl (C=O) groups is 3. The fourth-order valence-corrected chi connectivity index (χ4v) is 5.34. The van der Waals surface area contributed by atoms with Crippen molar-refractivity contribution < 1.29 is 34.2 Å². The molecule has 0 aliphatic heterocycles. The average Bonchev–Trinajstić information content (AvgIpc) is 3.06. The maximum absolute atomic E-state index is 13.1. The molecule has 2 unspecified atom stereocenters. The second-order valence-electron chi connectivity index (χ2n) is 11.2. The lowest BCUT2D eigenvalue weighted by Gasteiger charge is -2.23. The van der Waals surface area contributed by atoms with E-state index in [9.17, 15) is 19.5 Å². The standard InChI is InChI=1S/C36H42N2O7/c39-32(38-43)25-45-34(36(41)42)33(44-22-10-2-4-12-27-18-20-29-14-6-8-16-31(29)24-27)35(40)37-21-9-1-3-11-26-17-19-28-13-5-7-15-30(28)23-26/h5-8,13-20,23-24,33-34,43H,1-4,9-12,21-22,25H2,(H,37,40)(H,38,39)(H,41,42). The summed E-state index contributed by atoms with van der Waals surface area (Å²) < 4.78 is 10.9. The Balaban J connectivity index is 1.22. The van der Waals surface area contributed by atoms with Gasteiger partial charge in [-0.2, -0.15) is 0 Å². The Hall–Kier alpha value is -4.31. The van der Waals surface area contributed by atoms with Crippen LogP contribution in [0.4, 0.5) is 0 Å². The number of carboxylic acids is 1. The summed E-state index contributed by atoms with van der Waals surface area (Å²) in [5, 5.41) is 26.1. The second-order valence-corrected chi connectivity index (χ2v) is 11.2. The van der Waals surface area contributed by atoms with E-state index in [0.717, 1.165) is 38.5 Å². The highest BCUT2D eigenvalue weighted by molar-refractivity contribution is 5.88. The Bertz CT molecular complexity index is 1560. The third kappa shape index (κ3) is 10.7. The van der Waals surface area contributed by atoms with Gasteiger partial charge in [-0.3, -0.25) is 14.8 Å². The first-order valence-corrected chi connectivity index (χ1v) is 15.6. The Labute approximate surface area is 263 Å². The average molecular weight is 615 g/mol. The highest BCUT2D eigenvalue weighted by Crippen LogP contribution is 2.19. The molecule has 0 spiro atoms. The molecule has 0 saturated heterocycles. The van der Waals surface area contributed by atoms with Gasteiger partial charge in [0.15, 0.2) is 12.2 Å². The van der Waals surface area contributed by atoms with Crippen LogP contribution in [0, 0.1) is 0 Å². The molecule has 0 bridgehead atoms. The van der Waals surface area contributed by atoms with Gasteiger partial charge < -0.3 is 19.9 Å². The van der Waals surface area contributed by atoms with E-state index in [2.05, 4.69) is 66.0 Å². The Kier molecular flexibility index (Phi) is 13.3. The van der Waals surface area contributed by atoms with Crippen molar-refractivity contribution in [3.8, 4) is 0 Å². The fourth-order valence-electron chi connectivity index (χ4n) is 5.34. The molecule has 4 N–H and O–H groups in total. The van der Waals surface area contributed by atoms with Crippen molar-refractivity contribution in [1.82, 2.24) is 10.8 Å². The second kappa shape index (κ2) is 17.9. The molecular formula is C36H42N2O7. The molecule has 0 radical (unpaired) electrons. The molecule has 45 heavy (non-hydrogen) atoms. The van der Waals surface area contributed by atoms with Crippen LogP contribution in [0.2, 0.25) is 0 Å². The van der Waals surface area contributed by atoms with Gasteiger partial charge in [-0.05, 0) is 71.2 Å². The number of nitrogens with one attached hydrogen (secondary N) is 2. The number of aliphatic carboxylic acids is 1. The predicted molar refractivity (Wildman–Crippen MR) is 173 cm³/mol. The number of hydrogen-bond donors (Lipinski definition) is 4. The lowest BCUT2D eigenvalue weighted by molar-refractivity contribution is -0.171. The van der Waals surface area contributed by atoms with Crippen LogP contribution in [0.3, 0.4) is 0 Å². The maximum Gasteiger partial charge on any atom is 0.336 e. The Morgan fingerprint density at radius 1 is 0.644 bits per heavy atom. The highest BCUT2D eigenvalue weighted by Gasteiger charge is 2.36. The van der Waals surface area contributed by atoms with Crippen LogP contribution in [0.15, 0.2) is 84.9 Å². The Morgan fingerprint density at radius 3 is 1.76 bits per heavy atom. The monoisotopic (exact) mass is 614 g/mol. The zero-order valence-corrected chi connectivity index (χ0v) is 25.5. The molecule has 0 aliphatic rings. The number of aryl methyl sites for hydroxylation is 2. The van der Waals surface area contributed by atoms with E-state index >= 15 is 0 Å². The van der Waals surface area contributed by atoms with Crippen molar-refractivity contribution in [3.05, 3.63) is 96.1 Å². The molecule has 2 atom stereocenters. The highest BCUT2D eigenvalue weighted by atomic mass is 16.6. The van der Waals surface area contributed by atoms with Gasteiger partial charge in [0.25, 0.3) is 11.8 Å². The quantitative estimate of drug-likeness (QED) is 0.0614. The molecule has 9 heteroatoms. The van der Waals surface area contributed by atoms with Crippen LogP contribution in [-0.2, 0) is 36.7 Å². The summed E-state index contributed by atoms with van der Waals surface area (Å²) in [6.45, 7) is -0.228. The van der Waals surface area contributed by atoms with Crippen LogP contribution in [0.1, 0.15) is 49.7 Å². The Morgan fingerprint density at radius 2 is 1.20 bits per heavy atom. The van der Waals surface area contributed by atoms with Crippen molar-refractivity contribution in [2.45, 2.75) is 63.6 Å². The van der Waals surface area contributed by atoms with E-state index in [4.69, 9.17) is 14.7 Å². The van der Waals surface area contributed by atoms with Gasteiger partial charge in [0, 0.05) is 13.2 Å². The number of hydrogen-bond acceptors (Lipinski definition) is 6. The van der Waals surface area contributed by atoms with Gasteiger partial charge >= 0.3 is 5.97 Å². The van der Waals surface area contributed by atoms with E-state index in [0.29, 0.717) is 19.4 Å². The molecule has 2 amide bonds. The van der Waals surface area contributed by atoms with E-state index in [1.54, 1.807) is 0 Å². The third-order valence-electron chi connectivity index (χ3n) is 7.77. The van der Waals surface area contributed by atoms with Gasteiger partial charge in [-0.1, -0.05) is 97.8 Å². The zero-order chi connectivity index (χ0) is 31.9. The van der Waals surface area contributed by atoms with Gasteiger partial charge in [0.1, 0.15) is 6.61 Å². The molecule has 4 aromatic carbocycles. The summed E-state index contributed by atoms with van der Waals surface area (Å²) in [5.74, 6) is -2.98. The number of benzene rings is 4. The first kappa shape index (κ1) is 33.6. The van der Waals surface area contributed by atoms with Crippen molar-refractivity contribution in [2.24, 2.45) is 0 Å². The number of unbranched alkanes of at least 4 members (excludes halogenated alkanes) is 4. The molecule has 0 saturated carbocycles. The molecule has 0 aliphatic carbocycles. The van der Waals surface area contributed by atoms with Crippen LogP contribution < -0.4 is 10.8 Å². The van der Waals surface area contributed by atoms with Gasteiger partial charge in [0.2, 0.25) is 0 Å². The first-order valence-electron chi connectivity index (χ1n) is 15.6. The van der Waals surface area contributed by atoms with E-state index in [1.807, 2.05) is 24.3 Å². The summed E-state index contributed by atoms with van der Waals surface area (Å²) in [5.41, 5.74) is 3.90. The molecule has 4 aromatic rings. The van der Waals surface area contributed by atoms with Crippen LogP contribution >= 0.6 is 0 Å². The number of ether oxygens (including phenoxy) is 2. The lowest BCUT2D eigenvalue weighted by Crippen LogP contribution is -2.50. The molecule has 0 heterocycles. The smallest absolute Gasteiger partial charge is 0.336 e. The van der Waals surface area contributed by atoms with Crippen LogP contribution in [-0.4, -0.2) is 60.1 Å². The van der Waals surface area contributed by atoms with Gasteiger partial charge in [-0.25, -0.2) is 10.3 Å². The summed E-state index contributed by atoms with van der Waals surface area (Å²) in [6, 6.07) is 29.4. The topological polar surface area (TPSA) is 134 Å². The number of carbonyl (C=O) groups excluding carboxylic acids is 2.